The normalized spacial score (nSPS) is 9.44. The molecule has 4 nitrogen and oxygen atoms in total. The summed E-state index contributed by atoms with van der Waals surface area (Å²) >= 11 is 0. The van der Waals surface area contributed by atoms with Crippen LogP contribution in [0.1, 0.15) is 11.1 Å². The molecule has 0 amide bonds. The van der Waals surface area contributed by atoms with Crippen molar-refractivity contribution in [3.63, 3.8) is 0 Å². The summed E-state index contributed by atoms with van der Waals surface area (Å²) in [6.07, 6.45) is 2.05. The van der Waals surface area contributed by atoms with Crippen molar-refractivity contribution in [1.82, 2.24) is 4.90 Å². The largest absolute Gasteiger partial charge is 0.496 e. The first-order valence-corrected chi connectivity index (χ1v) is 4.94. The molecule has 0 bridgehead atoms. The SMILES string of the molecule is COc1cc(CN(C)C#N)c(OC)cc1C. The molecule has 0 N–H and O–H groups in total. The summed E-state index contributed by atoms with van der Waals surface area (Å²) in [5.41, 5.74) is 1.96. The van der Waals surface area contributed by atoms with Crippen LogP contribution in [0.25, 0.3) is 0 Å². The van der Waals surface area contributed by atoms with Gasteiger partial charge in [0, 0.05) is 12.6 Å². The van der Waals surface area contributed by atoms with Gasteiger partial charge in [-0.05, 0) is 24.6 Å². The molecule has 1 rings (SSSR count). The predicted octanol–water partition coefficient (Wildman–Crippen LogP) is 1.93. The number of rotatable bonds is 4. The van der Waals surface area contributed by atoms with Crippen molar-refractivity contribution in [2.45, 2.75) is 13.5 Å². The monoisotopic (exact) mass is 220 g/mol. The van der Waals surface area contributed by atoms with Gasteiger partial charge in [-0.2, -0.15) is 5.26 Å². The van der Waals surface area contributed by atoms with Crippen molar-refractivity contribution in [3.05, 3.63) is 23.3 Å². The number of nitrogens with zero attached hydrogens (tertiary/aromatic N) is 2. The first-order chi connectivity index (χ1) is 7.62. The Kier molecular flexibility index (Phi) is 4.01. The molecule has 0 atom stereocenters. The molecule has 86 valence electrons. The lowest BCUT2D eigenvalue weighted by Crippen LogP contribution is -2.11. The molecule has 4 heteroatoms. The summed E-state index contributed by atoms with van der Waals surface area (Å²) in [6.45, 7) is 2.47. The first kappa shape index (κ1) is 12.2. The van der Waals surface area contributed by atoms with E-state index in [0.29, 0.717) is 6.54 Å². The van der Waals surface area contributed by atoms with Crippen LogP contribution >= 0.6 is 0 Å². The van der Waals surface area contributed by atoms with Crippen LogP contribution in [-0.2, 0) is 6.54 Å². The van der Waals surface area contributed by atoms with E-state index in [1.165, 1.54) is 4.90 Å². The molecule has 0 fully saturated rings. The molecule has 1 aromatic carbocycles. The van der Waals surface area contributed by atoms with Gasteiger partial charge in [-0.25, -0.2) is 0 Å². The Morgan fingerprint density at radius 2 is 1.88 bits per heavy atom. The highest BCUT2D eigenvalue weighted by Crippen LogP contribution is 2.28. The molecular formula is C12H16N2O2. The van der Waals surface area contributed by atoms with Gasteiger partial charge in [0.15, 0.2) is 6.19 Å². The maximum Gasteiger partial charge on any atom is 0.179 e. The zero-order valence-corrected chi connectivity index (χ0v) is 10.1. The Bertz CT molecular complexity index is 410. The van der Waals surface area contributed by atoms with E-state index in [1.54, 1.807) is 21.3 Å². The molecule has 0 saturated heterocycles. The third-order valence-electron chi connectivity index (χ3n) is 2.38. The van der Waals surface area contributed by atoms with Gasteiger partial charge in [0.2, 0.25) is 0 Å². The Balaban J connectivity index is 3.10. The molecular weight excluding hydrogens is 204 g/mol. The average Bonchev–Trinajstić information content (AvgIpc) is 2.30. The van der Waals surface area contributed by atoms with E-state index in [-0.39, 0.29) is 0 Å². The second-order valence-electron chi connectivity index (χ2n) is 3.59. The van der Waals surface area contributed by atoms with Gasteiger partial charge in [0.05, 0.1) is 20.8 Å². The number of hydrogen-bond acceptors (Lipinski definition) is 4. The molecule has 0 heterocycles. The Morgan fingerprint density at radius 3 is 2.38 bits per heavy atom. The van der Waals surface area contributed by atoms with Gasteiger partial charge in [-0.15, -0.1) is 0 Å². The van der Waals surface area contributed by atoms with Gasteiger partial charge < -0.3 is 14.4 Å². The smallest absolute Gasteiger partial charge is 0.179 e. The van der Waals surface area contributed by atoms with E-state index < -0.39 is 0 Å². The van der Waals surface area contributed by atoms with E-state index in [9.17, 15) is 0 Å². The number of ether oxygens (including phenoxy) is 2. The van der Waals surface area contributed by atoms with Crippen molar-refractivity contribution < 1.29 is 9.47 Å². The van der Waals surface area contributed by atoms with Crippen molar-refractivity contribution >= 4 is 0 Å². The van der Waals surface area contributed by atoms with Gasteiger partial charge in [0.1, 0.15) is 11.5 Å². The fourth-order valence-electron chi connectivity index (χ4n) is 1.53. The summed E-state index contributed by atoms with van der Waals surface area (Å²) < 4.78 is 10.5. The molecule has 0 aliphatic heterocycles. The quantitative estimate of drug-likeness (QED) is 0.574. The number of benzene rings is 1. The molecule has 0 saturated carbocycles. The zero-order chi connectivity index (χ0) is 12.1. The predicted molar refractivity (Wildman–Crippen MR) is 61.4 cm³/mol. The molecule has 0 aliphatic carbocycles. The fraction of sp³-hybridized carbons (Fsp3) is 0.417. The van der Waals surface area contributed by atoms with Crippen molar-refractivity contribution in [1.29, 1.82) is 5.26 Å². The van der Waals surface area contributed by atoms with E-state index in [2.05, 4.69) is 6.19 Å². The van der Waals surface area contributed by atoms with Crippen LogP contribution < -0.4 is 9.47 Å². The average molecular weight is 220 g/mol. The van der Waals surface area contributed by atoms with Crippen LogP contribution in [0.4, 0.5) is 0 Å². The van der Waals surface area contributed by atoms with E-state index in [1.807, 2.05) is 19.1 Å². The van der Waals surface area contributed by atoms with Gasteiger partial charge in [0.25, 0.3) is 0 Å². The highest BCUT2D eigenvalue weighted by atomic mass is 16.5. The lowest BCUT2D eigenvalue weighted by Gasteiger charge is -2.15. The lowest BCUT2D eigenvalue weighted by atomic mass is 10.1. The van der Waals surface area contributed by atoms with E-state index in [0.717, 1.165) is 22.6 Å². The topological polar surface area (TPSA) is 45.5 Å². The van der Waals surface area contributed by atoms with Crippen LogP contribution in [0.3, 0.4) is 0 Å². The molecule has 0 unspecified atom stereocenters. The third kappa shape index (κ3) is 2.57. The standard InChI is InChI=1S/C12H16N2O2/c1-9-5-12(16-4)10(6-11(9)15-3)7-14(2)8-13/h5-6H,7H2,1-4H3. The van der Waals surface area contributed by atoms with Crippen molar-refractivity contribution in [2.75, 3.05) is 21.3 Å². The number of methoxy groups -OCH3 is 2. The Hall–Kier alpha value is -1.89. The summed E-state index contributed by atoms with van der Waals surface area (Å²) in [5, 5.41) is 8.74. The van der Waals surface area contributed by atoms with Crippen LogP contribution in [0.15, 0.2) is 12.1 Å². The first-order valence-electron chi connectivity index (χ1n) is 4.94. The number of aryl methyl sites for hydroxylation is 1. The van der Waals surface area contributed by atoms with E-state index in [4.69, 9.17) is 14.7 Å². The maximum absolute atomic E-state index is 8.74. The molecule has 0 radical (unpaired) electrons. The summed E-state index contributed by atoms with van der Waals surface area (Å²) in [5.74, 6) is 1.59. The number of hydrogen-bond donors (Lipinski definition) is 0. The van der Waals surface area contributed by atoms with Gasteiger partial charge in [-0.1, -0.05) is 0 Å². The molecule has 1 aromatic rings. The minimum absolute atomic E-state index is 0.510. The maximum atomic E-state index is 8.74. The molecule has 0 spiro atoms. The van der Waals surface area contributed by atoms with Crippen LogP contribution in [0, 0.1) is 18.4 Å². The Labute approximate surface area is 96.0 Å². The van der Waals surface area contributed by atoms with Crippen LogP contribution in [0.2, 0.25) is 0 Å². The third-order valence-corrected chi connectivity index (χ3v) is 2.38. The highest BCUT2D eigenvalue weighted by Gasteiger charge is 2.09. The second-order valence-corrected chi connectivity index (χ2v) is 3.59. The van der Waals surface area contributed by atoms with Crippen LogP contribution in [-0.4, -0.2) is 26.2 Å². The minimum atomic E-state index is 0.510. The minimum Gasteiger partial charge on any atom is -0.496 e. The second kappa shape index (κ2) is 5.26. The molecule has 0 aromatic heterocycles. The fourth-order valence-corrected chi connectivity index (χ4v) is 1.53. The van der Waals surface area contributed by atoms with Crippen molar-refractivity contribution in [3.8, 4) is 17.7 Å². The number of nitriles is 1. The highest BCUT2D eigenvalue weighted by molar-refractivity contribution is 5.45. The summed E-state index contributed by atoms with van der Waals surface area (Å²) in [7, 11) is 4.98. The van der Waals surface area contributed by atoms with E-state index >= 15 is 0 Å². The van der Waals surface area contributed by atoms with Crippen molar-refractivity contribution in [2.24, 2.45) is 0 Å². The van der Waals surface area contributed by atoms with Crippen LogP contribution in [0.5, 0.6) is 11.5 Å². The molecule has 0 aliphatic rings. The van der Waals surface area contributed by atoms with Gasteiger partial charge in [-0.3, -0.25) is 0 Å². The van der Waals surface area contributed by atoms with Gasteiger partial charge >= 0.3 is 0 Å². The molecule has 16 heavy (non-hydrogen) atoms. The zero-order valence-electron chi connectivity index (χ0n) is 10.1. The summed E-state index contributed by atoms with van der Waals surface area (Å²) in [6, 6.07) is 3.82. The summed E-state index contributed by atoms with van der Waals surface area (Å²) in [4.78, 5) is 1.53. The Morgan fingerprint density at radius 1 is 1.25 bits per heavy atom. The lowest BCUT2D eigenvalue weighted by molar-refractivity contribution is 0.384.